The molecule has 0 aromatic carbocycles. The average molecular weight is 247 g/mol. The Bertz CT molecular complexity index is 398. The van der Waals surface area contributed by atoms with Crippen molar-refractivity contribution in [2.75, 3.05) is 7.05 Å². The smallest absolute Gasteiger partial charge is 0.108 e. The van der Waals surface area contributed by atoms with Crippen LogP contribution in [0.2, 0.25) is 0 Å². The summed E-state index contributed by atoms with van der Waals surface area (Å²) in [6, 6.07) is 0.692. The van der Waals surface area contributed by atoms with E-state index in [0.717, 1.165) is 24.2 Å². The van der Waals surface area contributed by atoms with Gasteiger partial charge in [0.05, 0.1) is 0 Å². The molecule has 1 aromatic heterocycles. The molecular weight excluding hydrogens is 222 g/mol. The fraction of sp³-hybridized carbons (Fsp3) is 0.800. The first-order valence-corrected chi connectivity index (χ1v) is 7.41. The fourth-order valence-corrected chi connectivity index (χ4v) is 4.28. The summed E-state index contributed by atoms with van der Waals surface area (Å²) in [5, 5.41) is 3.57. The summed E-state index contributed by atoms with van der Waals surface area (Å²) < 4.78 is 2.15. The molecular formula is C15H25N3. The number of imidazole rings is 1. The second kappa shape index (κ2) is 5.04. The Kier molecular flexibility index (Phi) is 3.42. The molecule has 1 heterocycles. The van der Waals surface area contributed by atoms with E-state index < -0.39 is 0 Å². The maximum absolute atomic E-state index is 4.43. The van der Waals surface area contributed by atoms with Crippen LogP contribution in [0.5, 0.6) is 0 Å². The maximum atomic E-state index is 4.43. The first-order valence-electron chi connectivity index (χ1n) is 7.41. The molecule has 3 nitrogen and oxygen atoms in total. The molecule has 3 rings (SSSR count). The van der Waals surface area contributed by atoms with E-state index in [4.69, 9.17) is 0 Å². The highest BCUT2D eigenvalue weighted by molar-refractivity contribution is 4.97. The molecule has 2 aliphatic rings. The van der Waals surface area contributed by atoms with Crippen LogP contribution in [0.4, 0.5) is 0 Å². The molecule has 1 N–H and O–H groups in total. The van der Waals surface area contributed by atoms with Crippen molar-refractivity contribution in [2.24, 2.45) is 24.8 Å². The van der Waals surface area contributed by atoms with E-state index >= 15 is 0 Å². The third-order valence-corrected chi connectivity index (χ3v) is 5.28. The number of aryl methyl sites for hydroxylation is 2. The standard InChI is InChI=1S/C15H25N3/c1-16-14(5-6-15-17-7-8-18(15)2)13-10-11-3-4-12(13)9-11/h7-8,11-14,16H,3-6,9-10H2,1-2H3. The molecule has 0 aliphatic heterocycles. The Labute approximate surface area is 110 Å². The maximum Gasteiger partial charge on any atom is 0.108 e. The SMILES string of the molecule is CNC(CCc1nccn1C)C1CC2CCC1C2. The summed E-state index contributed by atoms with van der Waals surface area (Å²) in [6.45, 7) is 0. The average Bonchev–Trinajstić information content (AvgIpc) is 3.07. The van der Waals surface area contributed by atoms with Gasteiger partial charge < -0.3 is 9.88 Å². The molecule has 0 spiro atoms. The molecule has 0 amide bonds. The number of rotatable bonds is 5. The number of hydrogen-bond acceptors (Lipinski definition) is 2. The van der Waals surface area contributed by atoms with Gasteiger partial charge in [-0.3, -0.25) is 0 Å². The minimum Gasteiger partial charge on any atom is -0.338 e. The van der Waals surface area contributed by atoms with Crippen molar-refractivity contribution in [1.29, 1.82) is 0 Å². The lowest BCUT2D eigenvalue weighted by Crippen LogP contribution is -2.37. The molecule has 0 radical (unpaired) electrons. The van der Waals surface area contributed by atoms with Crippen LogP contribution in [0.3, 0.4) is 0 Å². The van der Waals surface area contributed by atoms with Gasteiger partial charge in [0.1, 0.15) is 5.82 Å². The van der Waals surface area contributed by atoms with Crippen molar-refractivity contribution >= 4 is 0 Å². The molecule has 0 saturated heterocycles. The van der Waals surface area contributed by atoms with Crippen molar-refractivity contribution < 1.29 is 0 Å². The first kappa shape index (κ1) is 12.2. The molecule has 4 atom stereocenters. The first-order chi connectivity index (χ1) is 8.78. The molecule has 2 fully saturated rings. The van der Waals surface area contributed by atoms with Crippen LogP contribution >= 0.6 is 0 Å². The van der Waals surface area contributed by atoms with E-state index in [1.165, 1.54) is 37.9 Å². The van der Waals surface area contributed by atoms with Crippen molar-refractivity contribution in [1.82, 2.24) is 14.9 Å². The molecule has 2 aliphatic carbocycles. The van der Waals surface area contributed by atoms with Crippen LogP contribution in [0, 0.1) is 17.8 Å². The van der Waals surface area contributed by atoms with Crippen molar-refractivity contribution in [3.63, 3.8) is 0 Å². The van der Waals surface area contributed by atoms with Gasteiger partial charge in [-0.25, -0.2) is 4.98 Å². The third-order valence-electron chi connectivity index (χ3n) is 5.28. The van der Waals surface area contributed by atoms with Crippen molar-refractivity contribution in [2.45, 2.75) is 44.6 Å². The third kappa shape index (κ3) is 2.20. The summed E-state index contributed by atoms with van der Waals surface area (Å²) in [7, 11) is 4.23. The van der Waals surface area contributed by atoms with Crippen LogP contribution < -0.4 is 5.32 Å². The van der Waals surface area contributed by atoms with Crippen molar-refractivity contribution in [3.8, 4) is 0 Å². The van der Waals surface area contributed by atoms with Gasteiger partial charge in [0.15, 0.2) is 0 Å². The summed E-state index contributed by atoms with van der Waals surface area (Å²) in [6.07, 6.45) is 12.2. The predicted molar refractivity (Wildman–Crippen MR) is 73.3 cm³/mol. The molecule has 4 unspecified atom stereocenters. The second-order valence-corrected chi connectivity index (χ2v) is 6.23. The van der Waals surface area contributed by atoms with E-state index in [9.17, 15) is 0 Å². The Morgan fingerprint density at radius 3 is 2.89 bits per heavy atom. The monoisotopic (exact) mass is 247 g/mol. The number of fused-ring (bicyclic) bond motifs is 2. The van der Waals surface area contributed by atoms with Gasteiger partial charge in [-0.2, -0.15) is 0 Å². The lowest BCUT2D eigenvalue weighted by Gasteiger charge is -2.30. The molecule has 2 saturated carbocycles. The molecule has 3 heteroatoms. The summed E-state index contributed by atoms with van der Waals surface area (Å²) in [4.78, 5) is 4.43. The highest BCUT2D eigenvalue weighted by Gasteiger charge is 2.42. The Balaban J connectivity index is 1.58. The van der Waals surface area contributed by atoms with E-state index in [-0.39, 0.29) is 0 Å². The Morgan fingerprint density at radius 2 is 2.33 bits per heavy atom. The van der Waals surface area contributed by atoms with E-state index in [1.54, 1.807) is 0 Å². The quantitative estimate of drug-likeness (QED) is 0.866. The zero-order chi connectivity index (χ0) is 12.5. The minimum absolute atomic E-state index is 0.692. The van der Waals surface area contributed by atoms with Crippen LogP contribution in [-0.2, 0) is 13.5 Å². The van der Waals surface area contributed by atoms with Gasteiger partial charge in [0.2, 0.25) is 0 Å². The normalized spacial score (nSPS) is 32.0. The summed E-state index contributed by atoms with van der Waals surface area (Å²) in [5.41, 5.74) is 0. The van der Waals surface area contributed by atoms with Gasteiger partial charge in [0, 0.05) is 31.9 Å². The van der Waals surface area contributed by atoms with Crippen LogP contribution in [0.15, 0.2) is 12.4 Å². The topological polar surface area (TPSA) is 29.9 Å². The predicted octanol–water partition coefficient (Wildman–Crippen LogP) is 2.38. The molecule has 100 valence electrons. The van der Waals surface area contributed by atoms with Gasteiger partial charge in [-0.1, -0.05) is 6.42 Å². The largest absolute Gasteiger partial charge is 0.338 e. The second-order valence-electron chi connectivity index (χ2n) is 6.23. The summed E-state index contributed by atoms with van der Waals surface area (Å²) >= 11 is 0. The number of hydrogen-bond donors (Lipinski definition) is 1. The zero-order valence-electron chi connectivity index (χ0n) is 11.6. The molecule has 2 bridgehead atoms. The summed E-state index contributed by atoms with van der Waals surface area (Å²) in [5.74, 6) is 4.20. The van der Waals surface area contributed by atoms with Crippen LogP contribution in [0.25, 0.3) is 0 Å². The number of aromatic nitrogens is 2. The Morgan fingerprint density at radius 1 is 1.44 bits per heavy atom. The highest BCUT2D eigenvalue weighted by atomic mass is 15.0. The molecule has 1 aromatic rings. The lowest BCUT2D eigenvalue weighted by atomic mass is 9.81. The van der Waals surface area contributed by atoms with Gasteiger partial charge in [-0.15, -0.1) is 0 Å². The Hall–Kier alpha value is -0.830. The van der Waals surface area contributed by atoms with E-state index in [1.807, 2.05) is 12.4 Å². The van der Waals surface area contributed by atoms with Crippen LogP contribution in [0.1, 0.15) is 37.9 Å². The van der Waals surface area contributed by atoms with Crippen molar-refractivity contribution in [3.05, 3.63) is 18.2 Å². The van der Waals surface area contributed by atoms with Gasteiger partial charge in [-0.05, 0) is 50.5 Å². The number of nitrogens with one attached hydrogen (secondary N) is 1. The zero-order valence-corrected chi connectivity index (χ0v) is 11.6. The highest BCUT2D eigenvalue weighted by Crippen LogP contribution is 2.49. The van der Waals surface area contributed by atoms with E-state index in [0.29, 0.717) is 6.04 Å². The fourth-order valence-electron chi connectivity index (χ4n) is 4.28. The lowest BCUT2D eigenvalue weighted by molar-refractivity contribution is 0.246. The van der Waals surface area contributed by atoms with Gasteiger partial charge >= 0.3 is 0 Å². The molecule has 18 heavy (non-hydrogen) atoms. The minimum atomic E-state index is 0.692. The van der Waals surface area contributed by atoms with E-state index in [2.05, 4.69) is 29.0 Å². The van der Waals surface area contributed by atoms with Crippen LogP contribution in [-0.4, -0.2) is 22.6 Å². The van der Waals surface area contributed by atoms with Gasteiger partial charge in [0.25, 0.3) is 0 Å². The number of nitrogens with zero attached hydrogens (tertiary/aromatic N) is 2.